The monoisotopic (exact) mass is 706 g/mol. The van der Waals surface area contributed by atoms with E-state index in [0.717, 1.165) is 27.9 Å². The zero-order chi connectivity index (χ0) is 33.6. The number of fused-ring (bicyclic) bond motifs is 1. The Morgan fingerprint density at radius 2 is 1.62 bits per heavy atom. The predicted molar refractivity (Wildman–Crippen MR) is 183 cm³/mol. The molecular formula is C31H20Cl2N6O6S2. The Labute approximate surface area is 282 Å². The van der Waals surface area contributed by atoms with Crippen LogP contribution in [0.15, 0.2) is 110 Å². The zero-order valence-electron chi connectivity index (χ0n) is 24.0. The van der Waals surface area contributed by atoms with Gasteiger partial charge in [-0.3, -0.25) is 24.4 Å². The minimum absolute atomic E-state index is 0.0362. The van der Waals surface area contributed by atoms with Crippen molar-refractivity contribution in [2.75, 3.05) is 9.73 Å². The molecular weight excluding hydrogens is 687 g/mol. The van der Waals surface area contributed by atoms with Crippen molar-refractivity contribution in [1.29, 1.82) is 0 Å². The summed E-state index contributed by atoms with van der Waals surface area (Å²) in [6, 6.07) is 21.5. The maximum Gasteiger partial charge on any atom is 0.297 e. The number of aliphatic imine (C=N–C) groups is 1. The van der Waals surface area contributed by atoms with Gasteiger partial charge in [0, 0.05) is 22.6 Å². The standard InChI is InChI=1S/C31H20Cl2N6O6S2/c1-17-34-25-12-11-21(47(44,45)36-28-23(32)14-20(39(42)43)15-24(28)33)16-22(25)30(40)37(17)38-29(18-7-3-2-4-8-18)35-26(31(38)41)13-19-9-5-6-10-27(19)46/h2-16,36,46H,1H3. The molecule has 2 heterocycles. The van der Waals surface area contributed by atoms with Crippen LogP contribution in [0, 0.1) is 17.0 Å². The molecule has 1 N–H and O–H groups in total. The Morgan fingerprint density at radius 3 is 2.28 bits per heavy atom. The summed E-state index contributed by atoms with van der Waals surface area (Å²) in [6.45, 7) is 1.53. The third-order valence-electron chi connectivity index (χ3n) is 7.06. The van der Waals surface area contributed by atoms with Crippen LogP contribution in [0.2, 0.25) is 10.0 Å². The largest absolute Gasteiger partial charge is 0.297 e. The number of nitrogens with zero attached hydrogens (tertiary/aromatic N) is 5. The lowest BCUT2D eigenvalue weighted by molar-refractivity contribution is -0.384. The third-order valence-corrected chi connectivity index (χ3v) is 9.41. The van der Waals surface area contributed by atoms with E-state index >= 15 is 0 Å². The average molecular weight is 708 g/mol. The number of nitrogens with one attached hydrogen (secondary N) is 1. The fourth-order valence-electron chi connectivity index (χ4n) is 4.85. The van der Waals surface area contributed by atoms with Crippen LogP contribution in [0.25, 0.3) is 17.0 Å². The van der Waals surface area contributed by atoms with E-state index in [1.54, 1.807) is 60.7 Å². The highest BCUT2D eigenvalue weighted by atomic mass is 35.5. The first-order valence-electron chi connectivity index (χ1n) is 13.5. The van der Waals surface area contributed by atoms with Crippen molar-refractivity contribution in [3.8, 4) is 0 Å². The lowest BCUT2D eigenvalue weighted by atomic mass is 10.2. The molecule has 0 radical (unpaired) electrons. The lowest BCUT2D eigenvalue weighted by Crippen LogP contribution is -2.49. The zero-order valence-corrected chi connectivity index (χ0v) is 27.2. The quantitative estimate of drug-likeness (QED) is 0.0913. The van der Waals surface area contributed by atoms with Crippen LogP contribution in [0.4, 0.5) is 11.4 Å². The number of anilines is 1. The molecule has 12 nitrogen and oxygen atoms in total. The summed E-state index contributed by atoms with van der Waals surface area (Å²) in [5.41, 5.74) is -0.0948. The van der Waals surface area contributed by atoms with Crippen LogP contribution in [0.1, 0.15) is 17.0 Å². The van der Waals surface area contributed by atoms with Crippen molar-refractivity contribution in [3.63, 3.8) is 0 Å². The second-order valence-corrected chi connectivity index (χ2v) is 13.1. The van der Waals surface area contributed by atoms with Gasteiger partial charge in [0.15, 0.2) is 5.84 Å². The highest BCUT2D eigenvalue weighted by Gasteiger charge is 2.35. The van der Waals surface area contributed by atoms with E-state index in [1.807, 2.05) is 0 Å². The number of nitro groups is 1. The molecule has 0 saturated heterocycles. The normalized spacial score (nSPS) is 14.1. The van der Waals surface area contributed by atoms with Crippen molar-refractivity contribution in [2.45, 2.75) is 16.7 Å². The number of carbonyl (C=O) groups is 1. The number of non-ortho nitro benzene ring substituents is 1. The van der Waals surface area contributed by atoms with Gasteiger partial charge in [0.05, 0.1) is 36.5 Å². The maximum atomic E-state index is 14.1. The molecule has 4 aromatic carbocycles. The highest BCUT2D eigenvalue weighted by molar-refractivity contribution is 7.92. The van der Waals surface area contributed by atoms with Crippen molar-refractivity contribution < 1.29 is 18.1 Å². The first-order chi connectivity index (χ1) is 22.4. The second-order valence-electron chi connectivity index (χ2n) is 10.1. The van der Waals surface area contributed by atoms with E-state index < -0.39 is 32.1 Å². The van der Waals surface area contributed by atoms with Crippen LogP contribution in [-0.4, -0.2) is 34.7 Å². The maximum absolute atomic E-state index is 14.1. The Hall–Kier alpha value is -5.02. The van der Waals surface area contributed by atoms with Gasteiger partial charge in [0.2, 0.25) is 0 Å². The fraction of sp³-hybridized carbons (Fsp3) is 0.0323. The summed E-state index contributed by atoms with van der Waals surface area (Å²) in [5.74, 6) is -0.342. The van der Waals surface area contributed by atoms with Gasteiger partial charge in [-0.25, -0.2) is 18.4 Å². The minimum Gasteiger partial charge on any atom is -0.277 e. The van der Waals surface area contributed by atoms with Crippen LogP contribution in [0.3, 0.4) is 0 Å². The van der Waals surface area contributed by atoms with E-state index in [-0.39, 0.29) is 48.9 Å². The topological polar surface area (TPSA) is 157 Å². The molecule has 1 amide bonds. The van der Waals surface area contributed by atoms with Crippen LogP contribution in [-0.2, 0) is 14.8 Å². The summed E-state index contributed by atoms with van der Waals surface area (Å²) in [7, 11) is -4.44. The summed E-state index contributed by atoms with van der Waals surface area (Å²) >= 11 is 16.7. The van der Waals surface area contributed by atoms with Crippen molar-refractivity contribution in [2.24, 2.45) is 4.99 Å². The number of sulfonamides is 1. The van der Waals surface area contributed by atoms with Gasteiger partial charge in [-0.2, -0.15) is 9.69 Å². The summed E-state index contributed by atoms with van der Waals surface area (Å²) in [5, 5.41) is 11.5. The molecule has 1 aliphatic rings. The van der Waals surface area contributed by atoms with Gasteiger partial charge in [-0.15, -0.1) is 12.6 Å². The Morgan fingerprint density at radius 1 is 0.957 bits per heavy atom. The predicted octanol–water partition coefficient (Wildman–Crippen LogP) is 5.98. The van der Waals surface area contributed by atoms with E-state index in [9.17, 15) is 28.1 Å². The lowest BCUT2D eigenvalue weighted by Gasteiger charge is -2.22. The van der Waals surface area contributed by atoms with Gasteiger partial charge < -0.3 is 0 Å². The second kappa shape index (κ2) is 12.3. The molecule has 0 spiro atoms. The first-order valence-corrected chi connectivity index (χ1v) is 16.2. The number of hydrogen-bond donors (Lipinski definition) is 2. The summed E-state index contributed by atoms with van der Waals surface area (Å²) < 4.78 is 30.1. The molecule has 0 fully saturated rings. The Balaban J connectivity index is 1.47. The van der Waals surface area contributed by atoms with Crippen LogP contribution in [0.5, 0.6) is 0 Å². The number of nitro benzene ring substituents is 1. The molecule has 0 aliphatic carbocycles. The number of carbonyl (C=O) groups excluding carboxylic acids is 1. The molecule has 1 aromatic heterocycles. The molecule has 236 valence electrons. The fourth-order valence-corrected chi connectivity index (χ4v) is 6.88. The van der Waals surface area contributed by atoms with E-state index in [0.29, 0.717) is 16.0 Å². The molecule has 0 atom stereocenters. The van der Waals surface area contributed by atoms with E-state index in [4.69, 9.17) is 23.2 Å². The van der Waals surface area contributed by atoms with Gasteiger partial charge in [0.25, 0.3) is 27.2 Å². The van der Waals surface area contributed by atoms with Gasteiger partial charge in [-0.05, 0) is 42.8 Å². The van der Waals surface area contributed by atoms with E-state index in [1.165, 1.54) is 19.1 Å². The van der Waals surface area contributed by atoms with Gasteiger partial charge in [-0.1, -0.05) is 71.7 Å². The SMILES string of the molecule is Cc1nc2ccc(S(=O)(=O)Nc3c(Cl)cc([N+](=O)[O-])cc3Cl)cc2c(=O)n1N1C(=O)C(=Cc2ccccc2S)N=C1c1ccccc1. The van der Waals surface area contributed by atoms with Crippen molar-refractivity contribution in [3.05, 3.63) is 138 Å². The third kappa shape index (κ3) is 5.99. The molecule has 16 heteroatoms. The molecule has 0 bridgehead atoms. The summed E-state index contributed by atoms with van der Waals surface area (Å²) in [6.07, 6.45) is 1.56. The summed E-state index contributed by atoms with van der Waals surface area (Å²) in [4.78, 5) is 47.9. The number of rotatable bonds is 7. The minimum atomic E-state index is -4.44. The molecule has 5 aromatic rings. The first kappa shape index (κ1) is 31.9. The number of thiol groups is 1. The smallest absolute Gasteiger partial charge is 0.277 e. The number of amidine groups is 1. The molecule has 0 unspecified atom stereocenters. The number of hydrogen-bond acceptors (Lipinski definition) is 9. The van der Waals surface area contributed by atoms with E-state index in [2.05, 4.69) is 27.3 Å². The van der Waals surface area contributed by atoms with Gasteiger partial charge in [0.1, 0.15) is 11.5 Å². The van der Waals surface area contributed by atoms with Crippen LogP contribution >= 0.6 is 35.8 Å². The van der Waals surface area contributed by atoms with Crippen molar-refractivity contribution >= 4 is 86.0 Å². The number of amides is 1. The highest BCUT2D eigenvalue weighted by Crippen LogP contribution is 2.36. The molecule has 1 aliphatic heterocycles. The molecule has 47 heavy (non-hydrogen) atoms. The number of benzene rings is 4. The molecule has 6 rings (SSSR count). The average Bonchev–Trinajstić information content (AvgIpc) is 3.35. The van der Waals surface area contributed by atoms with Crippen LogP contribution < -0.4 is 15.3 Å². The Kier molecular flexibility index (Phi) is 8.36. The number of aromatic nitrogens is 2. The molecule has 0 saturated carbocycles. The van der Waals surface area contributed by atoms with Crippen molar-refractivity contribution in [1.82, 2.24) is 9.66 Å². The van der Waals surface area contributed by atoms with Gasteiger partial charge >= 0.3 is 0 Å². The number of aryl methyl sites for hydroxylation is 1. The number of halogens is 2. The Bertz CT molecular complexity index is 2360.